The first-order chi connectivity index (χ1) is 11.4. The zero-order chi connectivity index (χ0) is 17.3. The maximum absolute atomic E-state index is 13.7. The summed E-state index contributed by atoms with van der Waals surface area (Å²) in [6.07, 6.45) is 0.981. The molecule has 126 valence electrons. The van der Waals surface area contributed by atoms with Crippen LogP contribution in [0.15, 0.2) is 24.4 Å². The van der Waals surface area contributed by atoms with Crippen LogP contribution in [0.2, 0.25) is 5.28 Å². The second kappa shape index (κ2) is 6.60. The second-order valence-corrected chi connectivity index (χ2v) is 8.73. The Morgan fingerprint density at radius 3 is 3.08 bits per heavy atom. The molecule has 0 saturated carbocycles. The lowest BCUT2D eigenvalue weighted by atomic mass is 10.2. The molecule has 0 aliphatic carbocycles. The number of ether oxygens (including phenoxy) is 1. The Labute approximate surface area is 152 Å². The zero-order valence-corrected chi connectivity index (χ0v) is 15.5. The highest BCUT2D eigenvalue weighted by Crippen LogP contribution is 2.36. The molecule has 2 aromatic rings. The Hall–Kier alpha value is -1.81. The molecule has 2 heterocycles. The van der Waals surface area contributed by atoms with Crippen LogP contribution in [0.5, 0.6) is 5.75 Å². The van der Waals surface area contributed by atoms with E-state index in [1.54, 1.807) is 18.2 Å². The van der Waals surface area contributed by atoms with Crippen LogP contribution in [-0.4, -0.2) is 30.4 Å². The maximum Gasteiger partial charge on any atom is 0.243 e. The number of nitrogens with one attached hydrogen (secondary N) is 2. The minimum Gasteiger partial charge on any atom is -0.489 e. The molecule has 0 spiro atoms. The maximum atomic E-state index is 13.7. The van der Waals surface area contributed by atoms with E-state index in [2.05, 4.69) is 25.1 Å². The van der Waals surface area contributed by atoms with E-state index < -0.39 is 30.0 Å². The number of hydrogen-bond acceptors (Lipinski definition) is 5. The third-order valence-corrected chi connectivity index (χ3v) is 6.14. The predicted octanol–water partition coefficient (Wildman–Crippen LogP) is 3.51. The van der Waals surface area contributed by atoms with Gasteiger partial charge in [0.1, 0.15) is 15.8 Å². The molecule has 24 heavy (non-hydrogen) atoms. The van der Waals surface area contributed by atoms with Gasteiger partial charge in [0.25, 0.3) is 0 Å². The predicted molar refractivity (Wildman–Crippen MR) is 100 cm³/mol. The van der Waals surface area contributed by atoms with E-state index in [1.165, 1.54) is 0 Å². The van der Waals surface area contributed by atoms with Crippen molar-refractivity contribution < 1.29 is 13.9 Å². The molecule has 1 unspecified atom stereocenters. The van der Waals surface area contributed by atoms with Crippen molar-refractivity contribution in [2.45, 2.75) is 10.3 Å². The van der Waals surface area contributed by atoms with E-state index >= 15 is 0 Å². The Balaban J connectivity index is 1.90. The molecule has 1 aliphatic rings. The minimum atomic E-state index is -0.635. The molecule has 0 radical (unpaired) electrons. The van der Waals surface area contributed by atoms with Crippen LogP contribution in [0.4, 0.5) is 21.6 Å². The third-order valence-electron chi connectivity index (χ3n) is 3.47. The lowest BCUT2D eigenvalue weighted by Gasteiger charge is -2.19. The molecule has 1 aromatic heterocycles. The highest BCUT2D eigenvalue weighted by Gasteiger charge is 2.35. The van der Waals surface area contributed by atoms with E-state index in [1.807, 2.05) is 6.92 Å². The summed E-state index contributed by atoms with van der Waals surface area (Å²) in [5, 5.41) is 5.59. The number of benzene rings is 1. The van der Waals surface area contributed by atoms with Gasteiger partial charge in [-0.25, -0.2) is 9.37 Å². The molecule has 0 saturated heterocycles. The van der Waals surface area contributed by atoms with Gasteiger partial charge in [-0.1, -0.05) is 4.51 Å². The zero-order valence-electron chi connectivity index (χ0n) is 12.6. The molecule has 9 heteroatoms. The van der Waals surface area contributed by atoms with Crippen LogP contribution in [-0.2, 0) is 4.79 Å². The smallest absolute Gasteiger partial charge is 0.243 e. The summed E-state index contributed by atoms with van der Waals surface area (Å²) in [6.45, 7) is 2.12. The lowest BCUT2D eigenvalue weighted by molar-refractivity contribution is -0.117. The van der Waals surface area contributed by atoms with Crippen molar-refractivity contribution in [3.63, 3.8) is 0 Å². The van der Waals surface area contributed by atoms with E-state index in [-0.39, 0.29) is 23.6 Å². The number of carbonyl (C=O) groups excluding carboxylic acids is 1. The SMILES string of the molecule is C=IC1(C)COc2ccc(Nc3nc(Cl)ncc3F)cc2NC1=O. The first-order valence-electron chi connectivity index (χ1n) is 6.84. The largest absolute Gasteiger partial charge is 0.489 e. The fourth-order valence-corrected chi connectivity index (χ4v) is 3.02. The quantitative estimate of drug-likeness (QED) is 0.415. The third kappa shape index (κ3) is 3.34. The number of amides is 1. The summed E-state index contributed by atoms with van der Waals surface area (Å²) in [6, 6.07) is 5.05. The first kappa shape index (κ1) is 17.0. The van der Waals surface area contributed by atoms with Crippen molar-refractivity contribution in [3.8, 4) is 5.75 Å². The minimum absolute atomic E-state index is 0.0516. The molecule has 0 fully saturated rings. The number of alkyl halides is 1. The van der Waals surface area contributed by atoms with Crippen LogP contribution in [0.3, 0.4) is 0 Å². The molecule has 1 amide bonds. The van der Waals surface area contributed by atoms with Gasteiger partial charge in [-0.05, 0) is 36.7 Å². The Kier molecular flexibility index (Phi) is 4.68. The molecule has 1 aromatic carbocycles. The van der Waals surface area contributed by atoms with Gasteiger partial charge in [-0.2, -0.15) is 4.98 Å². The van der Waals surface area contributed by atoms with Gasteiger partial charge >= 0.3 is 0 Å². The fourth-order valence-electron chi connectivity index (χ4n) is 2.03. The molecule has 2 N–H and O–H groups in total. The highest BCUT2D eigenvalue weighted by atomic mass is 127. The van der Waals surface area contributed by atoms with Crippen molar-refractivity contribution in [1.29, 1.82) is 0 Å². The second-order valence-electron chi connectivity index (χ2n) is 5.25. The number of rotatable bonds is 3. The van der Waals surface area contributed by atoms with Crippen LogP contribution >= 0.6 is 32.3 Å². The number of halogens is 3. The van der Waals surface area contributed by atoms with Gasteiger partial charge in [-0.15, -0.1) is 20.7 Å². The Bertz CT molecular complexity index is 835. The topological polar surface area (TPSA) is 76.1 Å². The van der Waals surface area contributed by atoms with E-state index in [9.17, 15) is 9.18 Å². The molecule has 0 bridgehead atoms. The van der Waals surface area contributed by atoms with Crippen molar-refractivity contribution in [1.82, 2.24) is 9.97 Å². The van der Waals surface area contributed by atoms with Crippen LogP contribution in [0, 0.1) is 5.82 Å². The Morgan fingerprint density at radius 1 is 1.54 bits per heavy atom. The van der Waals surface area contributed by atoms with Gasteiger partial charge in [0.05, 0.1) is 11.9 Å². The monoisotopic (exact) mass is 462 g/mol. The van der Waals surface area contributed by atoms with Gasteiger partial charge in [0.15, 0.2) is 11.6 Å². The highest BCUT2D eigenvalue weighted by molar-refractivity contribution is 14.2. The number of carbonyl (C=O) groups is 1. The Morgan fingerprint density at radius 2 is 2.33 bits per heavy atom. The number of aromatic nitrogens is 2. The van der Waals surface area contributed by atoms with Gasteiger partial charge in [0, 0.05) is 5.69 Å². The number of anilines is 3. The molecule has 3 rings (SSSR count). The van der Waals surface area contributed by atoms with E-state index in [4.69, 9.17) is 16.3 Å². The summed E-state index contributed by atoms with van der Waals surface area (Å²) in [7, 11) is 0. The van der Waals surface area contributed by atoms with Crippen LogP contribution < -0.4 is 15.4 Å². The molecule has 1 atom stereocenters. The summed E-state index contributed by atoms with van der Waals surface area (Å²) >= 11 is 5.08. The van der Waals surface area contributed by atoms with E-state index in [0.717, 1.165) is 6.20 Å². The summed E-state index contributed by atoms with van der Waals surface area (Å²) in [5.74, 6) is -0.262. The average Bonchev–Trinajstić information content (AvgIpc) is 2.68. The van der Waals surface area contributed by atoms with Gasteiger partial charge < -0.3 is 15.4 Å². The normalized spacial score (nSPS) is 19.7. The number of hydrogen-bond donors (Lipinski definition) is 2. The lowest BCUT2D eigenvalue weighted by Crippen LogP contribution is -2.38. The van der Waals surface area contributed by atoms with Crippen molar-refractivity contribution in [2.24, 2.45) is 0 Å². The average molecular weight is 463 g/mol. The number of fused-ring (bicyclic) bond motifs is 1. The van der Waals surface area contributed by atoms with Crippen molar-refractivity contribution >= 4 is 59.9 Å². The molecule has 6 nitrogen and oxygen atoms in total. The van der Waals surface area contributed by atoms with Crippen molar-refractivity contribution in [3.05, 3.63) is 35.5 Å². The van der Waals surface area contributed by atoms with E-state index in [0.29, 0.717) is 17.1 Å². The van der Waals surface area contributed by atoms with Gasteiger partial charge in [-0.3, -0.25) is 4.79 Å². The molecule has 1 aliphatic heterocycles. The summed E-state index contributed by atoms with van der Waals surface area (Å²) in [4.78, 5) is 19.7. The standard InChI is InChI=1S/C15H13ClFIN4O2/c1-15(18-2)7-24-11-4-3-8(5-10(11)21-13(15)23)20-12-9(17)6-19-14(16)22-12/h3-6H,2,7H2,1H3,(H,21,23)(H,19,20,22). The summed E-state index contributed by atoms with van der Waals surface area (Å²) in [5.41, 5.74) is 1.03. The van der Waals surface area contributed by atoms with Gasteiger partial charge in [0.2, 0.25) is 11.2 Å². The van der Waals surface area contributed by atoms with Crippen LogP contribution in [0.25, 0.3) is 0 Å². The summed E-state index contributed by atoms with van der Waals surface area (Å²) < 4.78 is 22.8. The molecular formula is C15H13ClFIN4O2. The molecular weight excluding hydrogens is 450 g/mol. The fraction of sp³-hybridized carbons (Fsp3) is 0.200. The first-order valence-corrected chi connectivity index (χ1v) is 9.82. The van der Waals surface area contributed by atoms with Crippen molar-refractivity contribution in [2.75, 3.05) is 17.2 Å². The van der Waals surface area contributed by atoms with Crippen LogP contribution in [0.1, 0.15) is 6.92 Å². The number of nitrogens with zero attached hydrogens (tertiary/aromatic N) is 2.